The number of benzene rings is 1. The number of hydrogen-bond acceptors (Lipinski definition) is 3. The van der Waals surface area contributed by atoms with Crippen molar-refractivity contribution < 1.29 is 4.79 Å². The third kappa shape index (κ3) is 2.74. The van der Waals surface area contributed by atoms with Crippen LogP contribution in [0.2, 0.25) is 0 Å². The number of hydrogen-bond donors (Lipinski definition) is 2. The van der Waals surface area contributed by atoms with Crippen molar-refractivity contribution in [3.8, 4) is 0 Å². The number of thiophene rings is 1. The van der Waals surface area contributed by atoms with Crippen LogP contribution >= 0.6 is 11.3 Å². The molecule has 1 aromatic carbocycles. The number of carbonyl (C=O) groups is 1. The second kappa shape index (κ2) is 6.00. The third-order valence-corrected chi connectivity index (χ3v) is 5.09. The highest BCUT2D eigenvalue weighted by Crippen LogP contribution is 2.33. The van der Waals surface area contributed by atoms with Gasteiger partial charge in [0.2, 0.25) is 5.91 Å². The van der Waals surface area contributed by atoms with E-state index < -0.39 is 0 Å². The Bertz CT molecular complexity index is 663. The van der Waals surface area contributed by atoms with Crippen molar-refractivity contribution in [1.29, 1.82) is 0 Å². The zero-order valence-electron chi connectivity index (χ0n) is 12.4. The molecular weight excluding hydrogens is 280 g/mol. The van der Waals surface area contributed by atoms with Crippen LogP contribution in [0.15, 0.2) is 29.6 Å². The lowest BCUT2D eigenvalue weighted by molar-refractivity contribution is -0.116. The summed E-state index contributed by atoms with van der Waals surface area (Å²) in [5.74, 6) is 0.118. The van der Waals surface area contributed by atoms with Gasteiger partial charge in [-0.05, 0) is 54.1 Å². The molecule has 21 heavy (non-hydrogen) atoms. The fraction of sp³-hybridized carbons (Fsp3) is 0.353. The Hall–Kier alpha value is -1.65. The Morgan fingerprint density at radius 3 is 2.95 bits per heavy atom. The van der Waals surface area contributed by atoms with Crippen LogP contribution in [0.25, 0.3) is 0 Å². The maximum atomic E-state index is 11.4. The molecule has 1 atom stereocenters. The van der Waals surface area contributed by atoms with Crippen LogP contribution in [-0.2, 0) is 17.6 Å². The van der Waals surface area contributed by atoms with Crippen molar-refractivity contribution in [2.24, 2.45) is 0 Å². The van der Waals surface area contributed by atoms with Gasteiger partial charge in [0.25, 0.3) is 0 Å². The smallest absolute Gasteiger partial charge is 0.224 e. The van der Waals surface area contributed by atoms with Gasteiger partial charge in [0.05, 0.1) is 6.04 Å². The number of carbonyl (C=O) groups excluding carboxylic acids is 1. The van der Waals surface area contributed by atoms with E-state index in [4.69, 9.17) is 0 Å². The molecule has 1 unspecified atom stereocenters. The topological polar surface area (TPSA) is 41.1 Å². The molecule has 1 amide bonds. The van der Waals surface area contributed by atoms with Crippen molar-refractivity contribution in [3.05, 3.63) is 51.2 Å². The minimum Gasteiger partial charge on any atom is -0.326 e. The Balaban J connectivity index is 1.97. The number of anilines is 1. The average molecular weight is 300 g/mol. The highest BCUT2D eigenvalue weighted by molar-refractivity contribution is 7.10. The number of aryl methyl sites for hydroxylation is 2. The molecule has 0 bridgehead atoms. The highest BCUT2D eigenvalue weighted by atomic mass is 32.1. The summed E-state index contributed by atoms with van der Waals surface area (Å²) in [7, 11) is 2.01. The molecule has 2 N–H and O–H groups in total. The van der Waals surface area contributed by atoms with E-state index in [2.05, 4.69) is 41.1 Å². The standard InChI is InChI=1S/C17H20N2OS/c1-3-11-8-9-21-17(11)16(18-2)13-4-6-14-12(10-13)5-7-15(20)19-14/h4,6,8-10,16,18H,3,5,7H2,1-2H3,(H,19,20). The maximum Gasteiger partial charge on any atom is 0.224 e. The van der Waals surface area contributed by atoms with Crippen LogP contribution in [0.4, 0.5) is 5.69 Å². The summed E-state index contributed by atoms with van der Waals surface area (Å²) in [6.07, 6.45) is 2.47. The average Bonchev–Trinajstić information content (AvgIpc) is 2.96. The summed E-state index contributed by atoms with van der Waals surface area (Å²) in [5, 5.41) is 8.54. The van der Waals surface area contributed by atoms with E-state index in [1.807, 2.05) is 24.5 Å². The van der Waals surface area contributed by atoms with Crippen LogP contribution in [0.3, 0.4) is 0 Å². The van der Waals surface area contributed by atoms with Gasteiger partial charge in [0, 0.05) is 17.0 Å². The fourth-order valence-electron chi connectivity index (χ4n) is 2.92. The summed E-state index contributed by atoms with van der Waals surface area (Å²) in [6, 6.07) is 8.82. The van der Waals surface area contributed by atoms with Gasteiger partial charge in [-0.25, -0.2) is 0 Å². The van der Waals surface area contributed by atoms with Crippen LogP contribution < -0.4 is 10.6 Å². The van der Waals surface area contributed by atoms with Gasteiger partial charge in [-0.1, -0.05) is 19.1 Å². The van der Waals surface area contributed by atoms with E-state index in [0.717, 1.165) is 18.5 Å². The van der Waals surface area contributed by atoms with Crippen LogP contribution in [-0.4, -0.2) is 13.0 Å². The first kappa shape index (κ1) is 14.3. The molecule has 2 aromatic rings. The molecule has 3 nitrogen and oxygen atoms in total. The Morgan fingerprint density at radius 2 is 2.19 bits per heavy atom. The summed E-state index contributed by atoms with van der Waals surface area (Å²) < 4.78 is 0. The van der Waals surface area contributed by atoms with E-state index >= 15 is 0 Å². The quantitative estimate of drug-likeness (QED) is 0.907. The second-order valence-electron chi connectivity index (χ2n) is 5.35. The Labute approximate surface area is 129 Å². The van der Waals surface area contributed by atoms with Gasteiger partial charge in [-0.3, -0.25) is 4.79 Å². The minimum atomic E-state index is 0.118. The van der Waals surface area contributed by atoms with E-state index in [0.29, 0.717) is 6.42 Å². The molecule has 1 aliphatic heterocycles. The van der Waals surface area contributed by atoms with Gasteiger partial charge >= 0.3 is 0 Å². The number of nitrogens with one attached hydrogen (secondary N) is 2. The van der Waals surface area contributed by atoms with Gasteiger partial charge in [0.1, 0.15) is 0 Å². The molecule has 0 saturated heterocycles. The van der Waals surface area contributed by atoms with Crippen molar-refractivity contribution in [2.75, 3.05) is 12.4 Å². The predicted molar refractivity (Wildman–Crippen MR) is 88.0 cm³/mol. The first-order chi connectivity index (χ1) is 10.2. The SMILES string of the molecule is CCc1ccsc1C(NC)c1ccc2c(c1)CCC(=O)N2. The number of rotatable bonds is 4. The fourth-order valence-corrected chi connectivity index (χ4v) is 4.06. The maximum absolute atomic E-state index is 11.4. The van der Waals surface area contributed by atoms with Crippen molar-refractivity contribution in [1.82, 2.24) is 5.32 Å². The van der Waals surface area contributed by atoms with Gasteiger partial charge in [-0.2, -0.15) is 0 Å². The largest absolute Gasteiger partial charge is 0.326 e. The lowest BCUT2D eigenvalue weighted by Gasteiger charge is -2.22. The Morgan fingerprint density at radius 1 is 1.33 bits per heavy atom. The molecule has 1 aromatic heterocycles. The second-order valence-corrected chi connectivity index (χ2v) is 6.30. The number of amides is 1. The minimum absolute atomic E-state index is 0.118. The molecule has 2 heterocycles. The molecule has 0 saturated carbocycles. The molecule has 4 heteroatoms. The first-order valence-electron chi connectivity index (χ1n) is 7.39. The van der Waals surface area contributed by atoms with Crippen molar-refractivity contribution in [3.63, 3.8) is 0 Å². The molecule has 1 aliphatic rings. The molecule has 110 valence electrons. The molecule has 0 radical (unpaired) electrons. The summed E-state index contributed by atoms with van der Waals surface area (Å²) in [5.41, 5.74) is 4.88. The first-order valence-corrected chi connectivity index (χ1v) is 8.27. The zero-order chi connectivity index (χ0) is 14.8. The van der Waals surface area contributed by atoms with E-state index in [-0.39, 0.29) is 11.9 Å². The van der Waals surface area contributed by atoms with Crippen molar-refractivity contribution >= 4 is 22.9 Å². The van der Waals surface area contributed by atoms with Gasteiger partial charge < -0.3 is 10.6 Å². The summed E-state index contributed by atoms with van der Waals surface area (Å²) in [4.78, 5) is 12.8. The van der Waals surface area contributed by atoms with Crippen molar-refractivity contribution in [2.45, 2.75) is 32.2 Å². The predicted octanol–water partition coefficient (Wildman–Crippen LogP) is 3.50. The zero-order valence-corrected chi connectivity index (χ0v) is 13.2. The van der Waals surface area contributed by atoms with Crippen LogP contribution in [0.5, 0.6) is 0 Å². The van der Waals surface area contributed by atoms with Gasteiger partial charge in [0.15, 0.2) is 0 Å². The molecular formula is C17H20N2OS. The van der Waals surface area contributed by atoms with E-state index in [9.17, 15) is 4.79 Å². The number of fused-ring (bicyclic) bond motifs is 1. The van der Waals surface area contributed by atoms with E-state index in [1.54, 1.807) is 0 Å². The highest BCUT2D eigenvalue weighted by Gasteiger charge is 2.20. The summed E-state index contributed by atoms with van der Waals surface area (Å²) in [6.45, 7) is 2.20. The normalized spacial score (nSPS) is 15.4. The third-order valence-electron chi connectivity index (χ3n) is 4.07. The lowest BCUT2D eigenvalue weighted by atomic mass is 9.95. The molecule has 0 spiro atoms. The lowest BCUT2D eigenvalue weighted by Crippen LogP contribution is -2.21. The molecule has 0 aliphatic carbocycles. The molecule has 0 fully saturated rings. The van der Waals surface area contributed by atoms with Crippen LogP contribution in [0.1, 0.15) is 41.0 Å². The Kier molecular flexibility index (Phi) is 4.08. The monoisotopic (exact) mass is 300 g/mol. The molecule has 3 rings (SSSR count). The summed E-state index contributed by atoms with van der Waals surface area (Å²) >= 11 is 1.81. The van der Waals surface area contributed by atoms with E-state index in [1.165, 1.54) is 21.6 Å². The van der Waals surface area contributed by atoms with Crippen LogP contribution in [0, 0.1) is 0 Å². The van der Waals surface area contributed by atoms with Gasteiger partial charge in [-0.15, -0.1) is 11.3 Å².